The molecule has 0 amide bonds. The molecule has 0 aliphatic carbocycles. The molecular formula is C30H17N3O2. The second-order valence-corrected chi connectivity index (χ2v) is 8.75. The van der Waals surface area contributed by atoms with Crippen LogP contribution >= 0.6 is 0 Å². The topological polar surface area (TPSA) is 56.5 Å². The second kappa shape index (κ2) is 6.81. The first-order valence-electron chi connectivity index (χ1n) is 11.5. The molecule has 0 aliphatic heterocycles. The number of furan rings is 2. The van der Waals surface area contributed by atoms with Crippen molar-refractivity contribution >= 4 is 49.5 Å². The van der Waals surface area contributed by atoms with Crippen LogP contribution in [0, 0.1) is 0 Å². The van der Waals surface area contributed by atoms with Crippen LogP contribution < -0.4 is 0 Å². The molecule has 0 unspecified atom stereocenters. The summed E-state index contributed by atoms with van der Waals surface area (Å²) >= 11 is 0. The molecule has 0 aliphatic rings. The van der Waals surface area contributed by atoms with Crippen molar-refractivity contribution in [1.29, 1.82) is 0 Å². The van der Waals surface area contributed by atoms with Gasteiger partial charge in [0, 0.05) is 45.7 Å². The van der Waals surface area contributed by atoms with Crippen molar-refractivity contribution in [2.45, 2.75) is 0 Å². The number of aromatic nitrogens is 3. The van der Waals surface area contributed by atoms with Crippen molar-refractivity contribution in [3.63, 3.8) is 0 Å². The van der Waals surface area contributed by atoms with Gasteiger partial charge in [-0.3, -0.25) is 4.98 Å². The van der Waals surface area contributed by atoms with Gasteiger partial charge in [-0.05, 0) is 54.1 Å². The van der Waals surface area contributed by atoms with Gasteiger partial charge in [0.25, 0.3) is 0 Å². The van der Waals surface area contributed by atoms with E-state index < -0.39 is 0 Å². The number of para-hydroxylation sites is 1. The molecule has 5 aromatic heterocycles. The van der Waals surface area contributed by atoms with Gasteiger partial charge in [-0.1, -0.05) is 36.4 Å². The summed E-state index contributed by atoms with van der Waals surface area (Å²) in [4.78, 5) is 9.37. The van der Waals surface area contributed by atoms with Gasteiger partial charge < -0.3 is 13.2 Å². The molecule has 0 N–H and O–H groups in total. The van der Waals surface area contributed by atoms with Crippen LogP contribution in [-0.4, -0.2) is 14.4 Å². The summed E-state index contributed by atoms with van der Waals surface area (Å²) in [6, 6.07) is 28.7. The Morgan fingerprint density at radius 2 is 1.37 bits per heavy atom. The average molecular weight is 451 g/mol. The number of benzene rings is 3. The van der Waals surface area contributed by atoms with E-state index in [1.165, 1.54) is 0 Å². The van der Waals surface area contributed by atoms with Crippen molar-refractivity contribution in [2.75, 3.05) is 0 Å². The van der Waals surface area contributed by atoms with Crippen molar-refractivity contribution in [1.82, 2.24) is 14.4 Å². The SMILES string of the molecule is c1ccc2c(c1)oc1c2ccc2c3cc(-c4ccc(-c5cn6ccccc6n5)nc4)ccc3oc21. The normalized spacial score (nSPS) is 12.0. The van der Waals surface area contributed by atoms with E-state index in [0.29, 0.717) is 0 Å². The third kappa shape index (κ3) is 2.69. The Morgan fingerprint density at radius 3 is 2.20 bits per heavy atom. The van der Waals surface area contributed by atoms with Crippen LogP contribution in [-0.2, 0) is 0 Å². The van der Waals surface area contributed by atoms with Crippen molar-refractivity contribution in [3.8, 4) is 22.5 Å². The summed E-state index contributed by atoms with van der Waals surface area (Å²) in [5.41, 5.74) is 8.01. The van der Waals surface area contributed by atoms with Gasteiger partial charge in [0.05, 0.1) is 5.69 Å². The highest BCUT2D eigenvalue weighted by atomic mass is 16.4. The summed E-state index contributed by atoms with van der Waals surface area (Å²) in [7, 11) is 0. The molecule has 8 rings (SSSR count). The number of fused-ring (bicyclic) bond motifs is 8. The fraction of sp³-hybridized carbons (Fsp3) is 0. The van der Waals surface area contributed by atoms with Crippen LogP contribution in [0.5, 0.6) is 0 Å². The molecule has 0 saturated carbocycles. The molecule has 3 aromatic carbocycles. The quantitative estimate of drug-likeness (QED) is 0.268. The minimum absolute atomic E-state index is 0.783. The van der Waals surface area contributed by atoms with E-state index in [-0.39, 0.29) is 0 Å². The summed E-state index contributed by atoms with van der Waals surface area (Å²) < 4.78 is 14.4. The second-order valence-electron chi connectivity index (χ2n) is 8.75. The third-order valence-electron chi connectivity index (χ3n) is 6.71. The maximum atomic E-state index is 6.27. The molecule has 0 atom stereocenters. The Morgan fingerprint density at radius 1 is 0.600 bits per heavy atom. The molecule has 0 radical (unpaired) electrons. The largest absolute Gasteiger partial charge is 0.452 e. The lowest BCUT2D eigenvalue weighted by molar-refractivity contribution is 0.633. The Bertz CT molecular complexity index is 2030. The van der Waals surface area contributed by atoms with Crippen molar-refractivity contribution in [3.05, 3.63) is 104 Å². The molecule has 8 aromatic rings. The van der Waals surface area contributed by atoms with E-state index in [9.17, 15) is 0 Å². The summed E-state index contributed by atoms with van der Waals surface area (Å²) in [6.45, 7) is 0. The van der Waals surface area contributed by atoms with E-state index in [2.05, 4.69) is 41.4 Å². The van der Waals surface area contributed by atoms with Gasteiger partial charge in [0.1, 0.15) is 22.5 Å². The fourth-order valence-corrected chi connectivity index (χ4v) is 4.97. The lowest BCUT2D eigenvalue weighted by atomic mass is 10.0. The highest BCUT2D eigenvalue weighted by molar-refractivity contribution is 6.19. The minimum Gasteiger partial charge on any atom is -0.452 e. The first-order valence-corrected chi connectivity index (χ1v) is 11.5. The fourth-order valence-electron chi connectivity index (χ4n) is 4.97. The van der Waals surface area contributed by atoms with Crippen molar-refractivity contribution < 1.29 is 8.83 Å². The van der Waals surface area contributed by atoms with Crippen LogP contribution in [0.4, 0.5) is 0 Å². The number of nitrogens with zero attached hydrogens (tertiary/aromatic N) is 3. The number of hydrogen-bond donors (Lipinski definition) is 0. The van der Waals surface area contributed by atoms with Gasteiger partial charge in [0.15, 0.2) is 11.2 Å². The zero-order valence-corrected chi connectivity index (χ0v) is 18.5. The number of pyridine rings is 2. The van der Waals surface area contributed by atoms with E-state index in [4.69, 9.17) is 13.8 Å². The predicted molar refractivity (Wildman–Crippen MR) is 138 cm³/mol. The molecule has 0 spiro atoms. The van der Waals surface area contributed by atoms with Crippen LogP contribution in [0.2, 0.25) is 0 Å². The van der Waals surface area contributed by atoms with E-state index in [1.807, 2.05) is 71.5 Å². The van der Waals surface area contributed by atoms with Gasteiger partial charge >= 0.3 is 0 Å². The maximum absolute atomic E-state index is 6.27. The number of rotatable bonds is 2. The lowest BCUT2D eigenvalue weighted by Gasteiger charge is -2.03. The molecule has 0 fully saturated rings. The Hall–Kier alpha value is -4.90. The molecule has 5 heteroatoms. The van der Waals surface area contributed by atoms with Crippen LogP contribution in [0.25, 0.3) is 72.0 Å². The average Bonchev–Trinajstić information content (AvgIpc) is 3.61. The summed E-state index contributed by atoms with van der Waals surface area (Å²) in [5.74, 6) is 0. The Labute approximate surface area is 198 Å². The maximum Gasteiger partial charge on any atom is 0.178 e. The van der Waals surface area contributed by atoms with E-state index >= 15 is 0 Å². The van der Waals surface area contributed by atoms with Gasteiger partial charge in [-0.15, -0.1) is 0 Å². The zero-order valence-electron chi connectivity index (χ0n) is 18.5. The van der Waals surface area contributed by atoms with Gasteiger partial charge in [-0.2, -0.15) is 0 Å². The Balaban J connectivity index is 1.24. The summed E-state index contributed by atoms with van der Waals surface area (Å²) in [5, 5.41) is 4.27. The number of hydrogen-bond acceptors (Lipinski definition) is 4. The van der Waals surface area contributed by atoms with E-state index in [0.717, 1.165) is 72.0 Å². The Kier molecular flexibility index (Phi) is 3.60. The summed E-state index contributed by atoms with van der Waals surface area (Å²) in [6.07, 6.45) is 5.89. The van der Waals surface area contributed by atoms with Crippen LogP contribution in [0.1, 0.15) is 0 Å². The van der Waals surface area contributed by atoms with Crippen LogP contribution in [0.15, 0.2) is 112 Å². The zero-order chi connectivity index (χ0) is 22.9. The predicted octanol–water partition coefficient (Wildman–Crippen LogP) is 7.86. The molecular weight excluding hydrogens is 434 g/mol. The molecule has 5 heterocycles. The lowest BCUT2D eigenvalue weighted by Crippen LogP contribution is -1.85. The first kappa shape index (κ1) is 18.5. The molecule has 164 valence electrons. The van der Waals surface area contributed by atoms with Gasteiger partial charge in [-0.25, -0.2) is 4.98 Å². The molecule has 5 nitrogen and oxygen atoms in total. The highest BCUT2D eigenvalue weighted by Gasteiger charge is 2.16. The van der Waals surface area contributed by atoms with Crippen LogP contribution in [0.3, 0.4) is 0 Å². The monoisotopic (exact) mass is 451 g/mol. The van der Waals surface area contributed by atoms with Crippen molar-refractivity contribution in [2.24, 2.45) is 0 Å². The molecule has 0 bridgehead atoms. The molecule has 0 saturated heterocycles. The van der Waals surface area contributed by atoms with E-state index in [1.54, 1.807) is 0 Å². The highest BCUT2D eigenvalue weighted by Crippen LogP contribution is 2.39. The minimum atomic E-state index is 0.783. The standard InChI is InChI=1S/C30H17N3O2/c1-2-6-26-20(5-1)21-10-11-22-23-15-18(9-13-27(23)35-30(22)29(21)34-26)19-8-12-24(31-16-19)25-17-33-14-4-3-7-28(33)32-25/h1-17H. The third-order valence-corrected chi connectivity index (χ3v) is 6.71. The first-order chi connectivity index (χ1) is 17.3. The smallest absolute Gasteiger partial charge is 0.178 e. The number of imidazole rings is 1. The van der Waals surface area contributed by atoms with Gasteiger partial charge in [0.2, 0.25) is 0 Å². The molecule has 35 heavy (non-hydrogen) atoms.